The van der Waals surface area contributed by atoms with E-state index in [1.54, 1.807) is 25.1 Å². The number of tetrazole rings is 1. The van der Waals surface area contributed by atoms with Crippen LogP contribution in [0.4, 0.5) is 5.69 Å². The highest BCUT2D eigenvalue weighted by molar-refractivity contribution is 7.89. The largest absolute Gasteiger partial charge is 0.326 e. The SMILES string of the molecule is Cc1ccc(NC(=O)Cc2ccc(-n3cnnn3)cc2)cc1S(=O)(=O)N1CCCCC1. The van der Waals surface area contributed by atoms with Gasteiger partial charge in [-0.25, -0.2) is 13.1 Å². The topological polar surface area (TPSA) is 110 Å². The van der Waals surface area contributed by atoms with Crippen LogP contribution in [0.5, 0.6) is 0 Å². The third-order valence-electron chi connectivity index (χ3n) is 5.32. The molecule has 0 spiro atoms. The van der Waals surface area contributed by atoms with Gasteiger partial charge in [0.05, 0.1) is 17.0 Å². The fourth-order valence-electron chi connectivity index (χ4n) is 3.64. The molecule has 2 aromatic carbocycles. The second kappa shape index (κ2) is 8.94. The first-order chi connectivity index (χ1) is 14.9. The van der Waals surface area contributed by atoms with E-state index in [-0.39, 0.29) is 17.2 Å². The van der Waals surface area contributed by atoms with Gasteiger partial charge in [0.15, 0.2) is 0 Å². The Kier molecular flexibility index (Phi) is 6.10. The Hall–Kier alpha value is -3.11. The minimum absolute atomic E-state index is 0.165. The molecule has 0 radical (unpaired) electrons. The van der Waals surface area contributed by atoms with Gasteiger partial charge >= 0.3 is 0 Å². The molecule has 1 saturated heterocycles. The number of aromatic nitrogens is 4. The summed E-state index contributed by atoms with van der Waals surface area (Å²) in [6.07, 6.45) is 4.46. The van der Waals surface area contributed by atoms with Gasteiger partial charge in [-0.1, -0.05) is 24.6 Å². The lowest BCUT2D eigenvalue weighted by Crippen LogP contribution is -2.36. The van der Waals surface area contributed by atoms with E-state index >= 15 is 0 Å². The van der Waals surface area contributed by atoms with Crippen LogP contribution in [-0.4, -0.2) is 51.9 Å². The van der Waals surface area contributed by atoms with Crippen molar-refractivity contribution in [1.29, 1.82) is 0 Å². The number of hydrogen-bond donors (Lipinski definition) is 1. The summed E-state index contributed by atoms with van der Waals surface area (Å²) in [5.41, 5.74) is 2.75. The molecule has 162 valence electrons. The van der Waals surface area contributed by atoms with Gasteiger partial charge in [0, 0.05) is 18.8 Å². The maximum absolute atomic E-state index is 13.1. The van der Waals surface area contributed by atoms with Gasteiger partial charge in [-0.15, -0.1) is 5.10 Å². The van der Waals surface area contributed by atoms with Crippen LogP contribution < -0.4 is 5.32 Å². The highest BCUT2D eigenvalue weighted by Crippen LogP contribution is 2.26. The molecule has 9 nitrogen and oxygen atoms in total. The number of carbonyl (C=O) groups is 1. The number of rotatable bonds is 6. The Morgan fingerprint density at radius 2 is 1.81 bits per heavy atom. The number of hydrogen-bond acceptors (Lipinski definition) is 6. The van der Waals surface area contributed by atoms with Crippen LogP contribution in [-0.2, 0) is 21.2 Å². The average molecular weight is 441 g/mol. The number of sulfonamides is 1. The van der Waals surface area contributed by atoms with Crippen molar-refractivity contribution in [3.8, 4) is 5.69 Å². The molecule has 1 amide bonds. The number of nitrogens with zero attached hydrogens (tertiary/aromatic N) is 5. The van der Waals surface area contributed by atoms with Crippen LogP contribution in [0.25, 0.3) is 5.69 Å². The molecule has 10 heteroatoms. The lowest BCUT2D eigenvalue weighted by Gasteiger charge is -2.26. The fourth-order valence-corrected chi connectivity index (χ4v) is 5.40. The minimum Gasteiger partial charge on any atom is -0.326 e. The Bertz CT molecular complexity index is 1150. The Morgan fingerprint density at radius 3 is 2.48 bits per heavy atom. The summed E-state index contributed by atoms with van der Waals surface area (Å²) in [5.74, 6) is -0.222. The van der Waals surface area contributed by atoms with E-state index in [0.29, 0.717) is 24.3 Å². The van der Waals surface area contributed by atoms with Crippen LogP contribution in [0.1, 0.15) is 30.4 Å². The predicted molar refractivity (Wildman–Crippen MR) is 115 cm³/mol. The monoisotopic (exact) mass is 440 g/mol. The van der Waals surface area contributed by atoms with Gasteiger partial charge < -0.3 is 5.32 Å². The third-order valence-corrected chi connectivity index (χ3v) is 7.36. The summed E-state index contributed by atoms with van der Waals surface area (Å²) < 4.78 is 29.2. The number of nitrogens with one attached hydrogen (secondary N) is 1. The minimum atomic E-state index is -3.57. The molecule has 0 bridgehead atoms. The molecule has 0 aliphatic carbocycles. The third kappa shape index (κ3) is 4.80. The molecule has 2 heterocycles. The highest BCUT2D eigenvalue weighted by atomic mass is 32.2. The first-order valence-electron chi connectivity index (χ1n) is 10.2. The van der Waals surface area contributed by atoms with E-state index in [1.807, 2.05) is 24.3 Å². The van der Waals surface area contributed by atoms with Crippen LogP contribution in [0.3, 0.4) is 0 Å². The molecule has 3 aromatic rings. The van der Waals surface area contributed by atoms with Crippen molar-refractivity contribution in [2.24, 2.45) is 0 Å². The van der Waals surface area contributed by atoms with Crippen LogP contribution >= 0.6 is 0 Å². The van der Waals surface area contributed by atoms with E-state index in [0.717, 1.165) is 30.5 Å². The molecular formula is C21H24N6O3S. The van der Waals surface area contributed by atoms with Crippen molar-refractivity contribution < 1.29 is 13.2 Å². The summed E-state index contributed by atoms with van der Waals surface area (Å²) in [4.78, 5) is 12.8. The van der Waals surface area contributed by atoms with Crippen LogP contribution in [0, 0.1) is 6.92 Å². The number of carbonyl (C=O) groups excluding carboxylic acids is 1. The van der Waals surface area contributed by atoms with Gasteiger partial charge in [0.1, 0.15) is 6.33 Å². The molecule has 0 saturated carbocycles. The Morgan fingerprint density at radius 1 is 1.06 bits per heavy atom. The lowest BCUT2D eigenvalue weighted by atomic mass is 10.1. The summed E-state index contributed by atoms with van der Waals surface area (Å²) >= 11 is 0. The first-order valence-corrected chi connectivity index (χ1v) is 11.6. The number of aryl methyl sites for hydroxylation is 1. The van der Waals surface area contributed by atoms with Crippen LogP contribution in [0.2, 0.25) is 0 Å². The van der Waals surface area contributed by atoms with Crippen molar-refractivity contribution in [1.82, 2.24) is 24.5 Å². The quantitative estimate of drug-likeness (QED) is 0.630. The van der Waals surface area contributed by atoms with Gasteiger partial charge in [0.25, 0.3) is 0 Å². The molecular weight excluding hydrogens is 416 g/mol. The zero-order valence-electron chi connectivity index (χ0n) is 17.2. The van der Waals surface area contributed by atoms with Crippen molar-refractivity contribution in [3.63, 3.8) is 0 Å². The number of anilines is 1. The van der Waals surface area contributed by atoms with Crippen molar-refractivity contribution in [2.75, 3.05) is 18.4 Å². The lowest BCUT2D eigenvalue weighted by molar-refractivity contribution is -0.115. The van der Waals surface area contributed by atoms with Gasteiger partial charge in [-0.05, 0) is 65.6 Å². The molecule has 0 atom stereocenters. The summed E-state index contributed by atoms with van der Waals surface area (Å²) in [7, 11) is -3.57. The van der Waals surface area contributed by atoms with Crippen LogP contribution in [0.15, 0.2) is 53.7 Å². The maximum atomic E-state index is 13.1. The molecule has 1 fully saturated rings. The van der Waals surface area contributed by atoms with Gasteiger partial charge in [-0.3, -0.25) is 4.79 Å². The fraction of sp³-hybridized carbons (Fsp3) is 0.333. The second-order valence-electron chi connectivity index (χ2n) is 7.59. The molecule has 0 unspecified atom stereocenters. The Labute approximate surface area is 181 Å². The summed E-state index contributed by atoms with van der Waals surface area (Å²) in [5, 5.41) is 13.8. The molecule has 4 rings (SSSR count). The van der Waals surface area contributed by atoms with Crippen molar-refractivity contribution in [3.05, 3.63) is 59.9 Å². The zero-order chi connectivity index (χ0) is 21.8. The highest BCUT2D eigenvalue weighted by Gasteiger charge is 2.27. The normalized spacial score (nSPS) is 15.0. The molecule has 1 N–H and O–H groups in total. The van der Waals surface area contributed by atoms with E-state index in [4.69, 9.17) is 0 Å². The predicted octanol–water partition coefficient (Wildman–Crippen LogP) is 2.33. The number of amides is 1. The first kappa shape index (κ1) is 21.1. The van der Waals surface area contributed by atoms with Crippen molar-refractivity contribution in [2.45, 2.75) is 37.5 Å². The van der Waals surface area contributed by atoms with E-state index < -0.39 is 10.0 Å². The zero-order valence-corrected chi connectivity index (χ0v) is 18.0. The summed E-state index contributed by atoms with van der Waals surface area (Å²) in [6.45, 7) is 2.85. The molecule has 1 aromatic heterocycles. The molecule has 31 heavy (non-hydrogen) atoms. The van der Waals surface area contributed by atoms with Gasteiger partial charge in [-0.2, -0.15) is 4.31 Å². The second-order valence-corrected chi connectivity index (χ2v) is 9.50. The average Bonchev–Trinajstić information content (AvgIpc) is 3.31. The number of piperidine rings is 1. The van der Waals surface area contributed by atoms with Gasteiger partial charge in [0.2, 0.25) is 15.9 Å². The van der Waals surface area contributed by atoms with E-state index in [1.165, 1.54) is 15.3 Å². The maximum Gasteiger partial charge on any atom is 0.243 e. The smallest absolute Gasteiger partial charge is 0.243 e. The van der Waals surface area contributed by atoms with E-state index in [2.05, 4.69) is 20.8 Å². The molecule has 1 aliphatic heterocycles. The van der Waals surface area contributed by atoms with E-state index in [9.17, 15) is 13.2 Å². The van der Waals surface area contributed by atoms with Crippen molar-refractivity contribution >= 4 is 21.6 Å². The number of benzene rings is 2. The standard InChI is InChI=1S/C21H24N6O3S/c1-16-5-8-18(14-20(16)31(29,30)26-11-3-2-4-12-26)23-21(28)13-17-6-9-19(10-7-17)27-15-22-24-25-27/h5-10,14-15H,2-4,11-13H2,1H3,(H,23,28). The Balaban J connectivity index is 1.45. The summed E-state index contributed by atoms with van der Waals surface area (Å²) in [6, 6.07) is 12.3. The molecule has 1 aliphatic rings.